The Hall–Kier alpha value is -2.14. The quantitative estimate of drug-likeness (QED) is 0.879. The Labute approximate surface area is 150 Å². The molecule has 1 atom stereocenters. The summed E-state index contributed by atoms with van der Waals surface area (Å²) in [5.74, 6) is 0.267. The second-order valence-electron chi connectivity index (χ2n) is 7.75. The van der Waals surface area contributed by atoms with E-state index in [1.807, 2.05) is 34.0 Å². The first-order chi connectivity index (χ1) is 11.9. The second-order valence-corrected chi connectivity index (χ2v) is 7.75. The number of hydrogen-bond acceptors (Lipinski definition) is 3. The van der Waals surface area contributed by atoms with Crippen molar-refractivity contribution in [1.82, 2.24) is 20.0 Å². The predicted molar refractivity (Wildman–Crippen MR) is 99.1 cm³/mol. The van der Waals surface area contributed by atoms with E-state index in [0.29, 0.717) is 6.42 Å². The fourth-order valence-corrected chi connectivity index (χ4v) is 3.15. The van der Waals surface area contributed by atoms with E-state index in [1.165, 1.54) is 5.56 Å². The highest BCUT2D eigenvalue weighted by atomic mass is 16.2. The number of amides is 1. The van der Waals surface area contributed by atoms with Gasteiger partial charge in [-0.05, 0) is 32.8 Å². The Morgan fingerprint density at radius 2 is 2.00 bits per heavy atom. The number of hydrogen-bond donors (Lipinski definition) is 1. The van der Waals surface area contributed by atoms with Crippen molar-refractivity contribution in [3.8, 4) is 0 Å². The largest absolute Gasteiger partial charge is 0.341 e. The molecule has 0 saturated carbocycles. The second kappa shape index (κ2) is 7.40. The molecule has 5 heteroatoms. The van der Waals surface area contributed by atoms with E-state index in [9.17, 15) is 4.79 Å². The van der Waals surface area contributed by atoms with Crippen LogP contribution in [0.2, 0.25) is 0 Å². The average molecular weight is 340 g/mol. The molecular formula is C20H28N4O. The van der Waals surface area contributed by atoms with Crippen LogP contribution in [0.15, 0.2) is 42.7 Å². The first-order valence-corrected chi connectivity index (χ1v) is 9.03. The van der Waals surface area contributed by atoms with E-state index in [4.69, 9.17) is 0 Å². The summed E-state index contributed by atoms with van der Waals surface area (Å²) in [6.45, 7) is 8.74. The van der Waals surface area contributed by atoms with Gasteiger partial charge in [0.2, 0.25) is 5.91 Å². The summed E-state index contributed by atoms with van der Waals surface area (Å²) in [7, 11) is 0. The van der Waals surface area contributed by atoms with Crippen LogP contribution in [0, 0.1) is 0 Å². The molecule has 2 heterocycles. The van der Waals surface area contributed by atoms with E-state index in [2.05, 4.69) is 49.5 Å². The molecule has 0 aliphatic carbocycles. The Morgan fingerprint density at radius 1 is 1.24 bits per heavy atom. The summed E-state index contributed by atoms with van der Waals surface area (Å²) < 4.78 is 1.99. The molecule has 3 rings (SSSR count). The van der Waals surface area contributed by atoms with Crippen LogP contribution in [0.5, 0.6) is 0 Å². The Balaban J connectivity index is 1.69. The smallest absolute Gasteiger partial charge is 0.222 e. The molecule has 1 fully saturated rings. The molecule has 0 unspecified atom stereocenters. The normalized spacial score (nSPS) is 16.4. The number of nitrogens with one attached hydrogen (secondary N) is 1. The minimum Gasteiger partial charge on any atom is -0.341 e. The van der Waals surface area contributed by atoms with Crippen molar-refractivity contribution in [1.29, 1.82) is 0 Å². The van der Waals surface area contributed by atoms with Crippen molar-refractivity contribution >= 4 is 5.91 Å². The first kappa shape index (κ1) is 17.7. The number of aromatic nitrogens is 2. The Bertz CT molecular complexity index is 702. The average Bonchev–Trinajstić information content (AvgIpc) is 3.21. The third-order valence-corrected chi connectivity index (χ3v) is 4.65. The number of carbonyl (C=O) groups excluding carboxylic acids is 1. The molecule has 1 aliphatic rings. The van der Waals surface area contributed by atoms with Crippen LogP contribution in [0.3, 0.4) is 0 Å². The molecule has 1 N–H and O–H groups in total. The van der Waals surface area contributed by atoms with E-state index in [0.717, 1.165) is 31.6 Å². The van der Waals surface area contributed by atoms with E-state index >= 15 is 0 Å². The molecule has 25 heavy (non-hydrogen) atoms. The minimum atomic E-state index is -0.0148. The fraction of sp³-hybridized carbons (Fsp3) is 0.500. The summed E-state index contributed by atoms with van der Waals surface area (Å²) in [4.78, 5) is 14.0. The molecule has 134 valence electrons. The van der Waals surface area contributed by atoms with Crippen LogP contribution in [-0.4, -0.2) is 33.7 Å². The monoisotopic (exact) mass is 340 g/mol. The van der Waals surface area contributed by atoms with Crippen LogP contribution in [-0.2, 0) is 16.9 Å². The van der Waals surface area contributed by atoms with Gasteiger partial charge < -0.3 is 10.2 Å². The third-order valence-electron chi connectivity index (χ3n) is 4.65. The summed E-state index contributed by atoms with van der Waals surface area (Å²) in [6, 6.07) is 10.5. The Morgan fingerprint density at radius 3 is 2.60 bits per heavy atom. The number of rotatable bonds is 6. The topological polar surface area (TPSA) is 50.2 Å². The van der Waals surface area contributed by atoms with Crippen LogP contribution in [0.25, 0.3) is 0 Å². The maximum absolute atomic E-state index is 12.0. The lowest BCUT2D eigenvalue weighted by Gasteiger charge is -2.25. The van der Waals surface area contributed by atoms with Crippen molar-refractivity contribution in [3.05, 3.63) is 53.9 Å². The molecule has 1 aliphatic heterocycles. The maximum atomic E-state index is 12.0. The molecule has 5 nitrogen and oxygen atoms in total. The highest BCUT2D eigenvalue weighted by Crippen LogP contribution is 2.19. The van der Waals surface area contributed by atoms with Crippen LogP contribution < -0.4 is 5.32 Å². The molecule has 1 aromatic heterocycles. The zero-order valence-electron chi connectivity index (χ0n) is 15.4. The molecular weight excluding hydrogens is 312 g/mol. The number of benzene rings is 1. The Kier molecular flexibility index (Phi) is 5.23. The van der Waals surface area contributed by atoms with Gasteiger partial charge in [-0.2, -0.15) is 5.10 Å². The standard InChI is InChI=1S/C20H28N4O/c1-20(2,3)24-14-16(13-22-24)12-21-18(17-8-5-4-6-9-17)15-23-11-7-10-19(23)25/h4-6,8-9,13-14,18,21H,7,10-12,15H2,1-3H3/t18-/m0/s1. The summed E-state index contributed by atoms with van der Waals surface area (Å²) in [6.07, 6.45) is 5.66. The number of nitrogens with zero attached hydrogens (tertiary/aromatic N) is 3. The summed E-state index contributed by atoms with van der Waals surface area (Å²) >= 11 is 0. The molecule has 0 spiro atoms. The van der Waals surface area contributed by atoms with Crippen molar-refractivity contribution in [3.63, 3.8) is 0 Å². The van der Waals surface area contributed by atoms with E-state index < -0.39 is 0 Å². The van der Waals surface area contributed by atoms with Gasteiger partial charge in [0.25, 0.3) is 0 Å². The van der Waals surface area contributed by atoms with E-state index in [1.54, 1.807) is 0 Å². The summed E-state index contributed by atoms with van der Waals surface area (Å²) in [5, 5.41) is 8.08. The molecule has 1 amide bonds. The van der Waals surface area contributed by atoms with Crippen LogP contribution in [0.4, 0.5) is 0 Å². The number of likely N-dealkylation sites (tertiary alicyclic amines) is 1. The predicted octanol–water partition coefficient (Wildman–Crippen LogP) is 3.09. The van der Waals surface area contributed by atoms with Gasteiger partial charge in [0, 0.05) is 37.8 Å². The fourth-order valence-electron chi connectivity index (χ4n) is 3.15. The van der Waals surface area contributed by atoms with Gasteiger partial charge in [-0.1, -0.05) is 30.3 Å². The van der Waals surface area contributed by atoms with Gasteiger partial charge >= 0.3 is 0 Å². The lowest BCUT2D eigenvalue weighted by Crippen LogP contribution is -2.35. The maximum Gasteiger partial charge on any atom is 0.222 e. The van der Waals surface area contributed by atoms with Gasteiger partial charge in [-0.3, -0.25) is 9.48 Å². The molecule has 0 bridgehead atoms. The van der Waals surface area contributed by atoms with Gasteiger partial charge in [-0.15, -0.1) is 0 Å². The zero-order valence-corrected chi connectivity index (χ0v) is 15.4. The molecule has 0 radical (unpaired) electrons. The van der Waals surface area contributed by atoms with Crippen molar-refractivity contribution in [2.75, 3.05) is 13.1 Å². The van der Waals surface area contributed by atoms with Crippen LogP contribution >= 0.6 is 0 Å². The van der Waals surface area contributed by atoms with Gasteiger partial charge in [0.05, 0.1) is 17.8 Å². The molecule has 1 aromatic carbocycles. The van der Waals surface area contributed by atoms with Gasteiger partial charge in [0.15, 0.2) is 0 Å². The first-order valence-electron chi connectivity index (χ1n) is 9.03. The zero-order chi connectivity index (χ0) is 17.9. The van der Waals surface area contributed by atoms with Crippen LogP contribution in [0.1, 0.15) is 50.8 Å². The summed E-state index contributed by atoms with van der Waals surface area (Å²) in [5.41, 5.74) is 2.35. The van der Waals surface area contributed by atoms with Crippen molar-refractivity contribution < 1.29 is 4.79 Å². The highest BCUT2D eigenvalue weighted by molar-refractivity contribution is 5.78. The van der Waals surface area contributed by atoms with Crippen molar-refractivity contribution in [2.24, 2.45) is 0 Å². The highest BCUT2D eigenvalue weighted by Gasteiger charge is 2.24. The van der Waals surface area contributed by atoms with E-state index in [-0.39, 0.29) is 17.5 Å². The SMILES string of the molecule is CC(C)(C)n1cc(CN[C@@H](CN2CCCC2=O)c2ccccc2)cn1. The van der Waals surface area contributed by atoms with Gasteiger partial charge in [0.1, 0.15) is 0 Å². The lowest BCUT2D eigenvalue weighted by atomic mass is 10.1. The van der Waals surface area contributed by atoms with Crippen molar-refractivity contribution in [2.45, 2.75) is 51.7 Å². The molecule has 1 saturated heterocycles. The molecule has 2 aromatic rings. The minimum absolute atomic E-state index is 0.0148. The lowest BCUT2D eigenvalue weighted by molar-refractivity contribution is -0.128. The number of carbonyl (C=O) groups is 1. The van der Waals surface area contributed by atoms with Gasteiger partial charge in [-0.25, -0.2) is 0 Å². The third kappa shape index (κ3) is 4.48.